The smallest absolute Gasteiger partial charge is 0.228 e. The molecule has 2 amide bonds. The van der Waals surface area contributed by atoms with E-state index in [9.17, 15) is 9.59 Å². The predicted molar refractivity (Wildman–Crippen MR) is 183 cm³/mol. The minimum atomic E-state index is -0.426. The normalized spacial score (nSPS) is 23.5. The summed E-state index contributed by atoms with van der Waals surface area (Å²) in [5, 5.41) is 7.59. The second-order valence-electron chi connectivity index (χ2n) is 20.1. The van der Waals surface area contributed by atoms with Gasteiger partial charge in [0.05, 0.1) is 0 Å². The van der Waals surface area contributed by atoms with Gasteiger partial charge in [-0.25, -0.2) is 0 Å². The summed E-state index contributed by atoms with van der Waals surface area (Å²) in [7, 11) is 0. The van der Waals surface area contributed by atoms with E-state index >= 15 is 0 Å². The third-order valence-electron chi connectivity index (χ3n) is 9.39. The molecule has 2 saturated heterocycles. The lowest BCUT2D eigenvalue weighted by atomic mass is 9.76. The van der Waals surface area contributed by atoms with Gasteiger partial charge in [0.1, 0.15) is 0 Å². The molecular weight excluding hydrogens is 532 g/mol. The maximum absolute atomic E-state index is 14.0. The molecule has 0 saturated carbocycles. The number of carbonyl (C=O) groups is 2. The topological polar surface area (TPSA) is 64.7 Å². The van der Waals surface area contributed by atoms with Crippen LogP contribution in [0.5, 0.6) is 0 Å². The zero-order valence-electron chi connectivity index (χ0n) is 31.6. The first-order valence-electron chi connectivity index (χ1n) is 17.2. The van der Waals surface area contributed by atoms with E-state index in [-0.39, 0.29) is 51.5 Å². The average Bonchev–Trinajstić information content (AvgIpc) is 2.71. The van der Waals surface area contributed by atoms with Crippen LogP contribution in [0.4, 0.5) is 0 Å². The van der Waals surface area contributed by atoms with Crippen molar-refractivity contribution in [3.05, 3.63) is 0 Å². The van der Waals surface area contributed by atoms with E-state index < -0.39 is 10.8 Å². The molecule has 1 atom stereocenters. The fourth-order valence-electron chi connectivity index (χ4n) is 8.59. The molecule has 0 aromatic rings. The minimum absolute atomic E-state index is 0.0166. The first-order chi connectivity index (χ1) is 18.9. The van der Waals surface area contributed by atoms with Crippen molar-refractivity contribution in [3.8, 4) is 0 Å². The number of hydrogen-bond acceptors (Lipinski definition) is 4. The summed E-state index contributed by atoms with van der Waals surface area (Å²) >= 11 is 0. The summed E-state index contributed by atoms with van der Waals surface area (Å²) in [6.07, 6.45) is 5.82. The number of carbonyl (C=O) groups excluding carboxylic acids is 2. The SMILES string of the molecule is CC(CCN(C(=O)C(C)(C)C)C1CC(C)(C)NC(C)(C)C1)CC(C)(C)CN(C(=O)C(C)(C)C)C1CC(C)(C)NC(C)(C)C1. The number of piperidine rings is 2. The number of hydrogen-bond donors (Lipinski definition) is 2. The summed E-state index contributed by atoms with van der Waals surface area (Å²) in [4.78, 5) is 32.3. The standard InChI is InChI=1S/C37H72N4O2/c1-26(18-19-40(29(42)31(2,3)4)27-21-34(10,11)38-35(12,13)22-27)20-33(8,9)25-41(30(43)32(5,6)7)28-23-36(14,15)39-37(16,17)24-28/h26-28,38-39H,18-25H2,1-17H3. The second-order valence-corrected chi connectivity index (χ2v) is 20.1. The molecule has 0 aromatic carbocycles. The minimum Gasteiger partial charge on any atom is -0.339 e. The van der Waals surface area contributed by atoms with Crippen molar-refractivity contribution < 1.29 is 9.59 Å². The quantitative estimate of drug-likeness (QED) is 0.282. The number of nitrogens with zero attached hydrogens (tertiary/aromatic N) is 2. The van der Waals surface area contributed by atoms with Gasteiger partial charge in [-0.1, -0.05) is 62.3 Å². The maximum atomic E-state index is 14.0. The van der Waals surface area contributed by atoms with Crippen LogP contribution in [0.15, 0.2) is 0 Å². The molecule has 1 unspecified atom stereocenters. The fraction of sp³-hybridized carbons (Fsp3) is 0.946. The predicted octanol–water partition coefficient (Wildman–Crippen LogP) is 7.80. The molecule has 6 heteroatoms. The Kier molecular flexibility index (Phi) is 11.1. The molecule has 0 radical (unpaired) electrons. The van der Waals surface area contributed by atoms with E-state index in [2.05, 4.69) is 138 Å². The van der Waals surface area contributed by atoms with Crippen molar-refractivity contribution in [2.75, 3.05) is 13.1 Å². The van der Waals surface area contributed by atoms with Crippen LogP contribution in [-0.2, 0) is 9.59 Å². The lowest BCUT2D eigenvalue weighted by Gasteiger charge is -2.52. The van der Waals surface area contributed by atoms with Crippen LogP contribution in [-0.4, -0.2) is 68.9 Å². The summed E-state index contributed by atoms with van der Waals surface area (Å²) < 4.78 is 0. The highest BCUT2D eigenvalue weighted by atomic mass is 16.2. The molecule has 43 heavy (non-hydrogen) atoms. The van der Waals surface area contributed by atoms with E-state index in [1.807, 2.05) is 0 Å². The Morgan fingerprint density at radius 3 is 1.33 bits per heavy atom. The van der Waals surface area contributed by atoms with Gasteiger partial charge in [-0.3, -0.25) is 9.59 Å². The van der Waals surface area contributed by atoms with Gasteiger partial charge in [0.25, 0.3) is 0 Å². The molecule has 0 aromatic heterocycles. The van der Waals surface area contributed by atoms with Crippen LogP contribution in [0, 0.1) is 22.2 Å². The van der Waals surface area contributed by atoms with Gasteiger partial charge in [-0.05, 0) is 105 Å². The van der Waals surface area contributed by atoms with Gasteiger partial charge < -0.3 is 20.4 Å². The highest BCUT2D eigenvalue weighted by Crippen LogP contribution is 2.38. The first kappa shape index (κ1) is 38.0. The van der Waals surface area contributed by atoms with Crippen molar-refractivity contribution in [1.29, 1.82) is 0 Å². The molecule has 2 N–H and O–H groups in total. The Labute approximate surface area is 267 Å². The molecule has 2 fully saturated rings. The Balaban J connectivity index is 2.23. The molecular formula is C37H72N4O2. The number of amides is 2. The summed E-state index contributed by atoms with van der Waals surface area (Å²) in [6.45, 7) is 39.0. The number of rotatable bonds is 9. The molecule has 0 bridgehead atoms. The summed E-state index contributed by atoms with van der Waals surface area (Å²) in [6, 6.07) is 0.434. The molecule has 2 aliphatic heterocycles. The van der Waals surface area contributed by atoms with E-state index in [0.29, 0.717) is 5.92 Å². The van der Waals surface area contributed by atoms with Crippen molar-refractivity contribution >= 4 is 11.8 Å². The largest absolute Gasteiger partial charge is 0.339 e. The Hall–Kier alpha value is -1.14. The van der Waals surface area contributed by atoms with Crippen molar-refractivity contribution in [1.82, 2.24) is 20.4 Å². The Morgan fingerprint density at radius 2 is 0.977 bits per heavy atom. The van der Waals surface area contributed by atoms with E-state index in [1.54, 1.807) is 0 Å². The van der Waals surface area contributed by atoms with Gasteiger partial charge in [0.2, 0.25) is 11.8 Å². The van der Waals surface area contributed by atoms with Gasteiger partial charge in [0.15, 0.2) is 0 Å². The van der Waals surface area contributed by atoms with Crippen LogP contribution in [0.25, 0.3) is 0 Å². The lowest BCUT2D eigenvalue weighted by Crippen LogP contribution is -2.64. The molecule has 0 spiro atoms. The summed E-state index contributed by atoms with van der Waals surface area (Å²) in [5.41, 5.74) is -0.967. The third-order valence-corrected chi connectivity index (χ3v) is 9.39. The summed E-state index contributed by atoms with van der Waals surface area (Å²) in [5.74, 6) is 0.945. The molecule has 2 aliphatic rings. The Morgan fingerprint density at radius 1 is 0.651 bits per heavy atom. The van der Waals surface area contributed by atoms with Gasteiger partial charge in [-0.2, -0.15) is 0 Å². The first-order valence-corrected chi connectivity index (χ1v) is 17.2. The van der Waals surface area contributed by atoms with Crippen molar-refractivity contribution in [2.45, 2.75) is 190 Å². The monoisotopic (exact) mass is 605 g/mol. The Bertz CT molecular complexity index is 948. The third kappa shape index (κ3) is 11.3. The van der Waals surface area contributed by atoms with Crippen molar-refractivity contribution in [2.24, 2.45) is 22.2 Å². The molecule has 6 nitrogen and oxygen atoms in total. The van der Waals surface area contributed by atoms with E-state index in [4.69, 9.17) is 0 Å². The molecule has 252 valence electrons. The lowest BCUT2D eigenvalue weighted by molar-refractivity contribution is -0.146. The van der Waals surface area contributed by atoms with Crippen LogP contribution in [0.2, 0.25) is 0 Å². The highest BCUT2D eigenvalue weighted by molar-refractivity contribution is 5.82. The molecule has 2 heterocycles. The number of nitrogens with one attached hydrogen (secondary N) is 2. The van der Waals surface area contributed by atoms with Gasteiger partial charge in [-0.15, -0.1) is 0 Å². The fourth-order valence-corrected chi connectivity index (χ4v) is 8.59. The maximum Gasteiger partial charge on any atom is 0.228 e. The highest BCUT2D eigenvalue weighted by Gasteiger charge is 2.45. The zero-order chi connectivity index (χ0) is 33.6. The van der Waals surface area contributed by atoms with E-state index in [0.717, 1.165) is 51.6 Å². The second kappa shape index (κ2) is 12.6. The van der Waals surface area contributed by atoms with Crippen LogP contribution >= 0.6 is 0 Å². The molecule has 2 rings (SSSR count). The van der Waals surface area contributed by atoms with Crippen LogP contribution in [0.3, 0.4) is 0 Å². The van der Waals surface area contributed by atoms with E-state index in [1.165, 1.54) is 0 Å². The zero-order valence-corrected chi connectivity index (χ0v) is 31.6. The van der Waals surface area contributed by atoms with Gasteiger partial charge >= 0.3 is 0 Å². The van der Waals surface area contributed by atoms with Gasteiger partial charge in [0, 0.05) is 58.2 Å². The van der Waals surface area contributed by atoms with Crippen molar-refractivity contribution in [3.63, 3.8) is 0 Å². The average molecular weight is 605 g/mol. The molecule has 0 aliphatic carbocycles. The van der Waals surface area contributed by atoms with Crippen LogP contribution < -0.4 is 10.6 Å². The van der Waals surface area contributed by atoms with Crippen LogP contribution in [0.1, 0.15) is 156 Å².